The van der Waals surface area contributed by atoms with E-state index >= 15 is 4.39 Å². The molecule has 1 aliphatic rings. The van der Waals surface area contributed by atoms with Gasteiger partial charge in [0.15, 0.2) is 5.82 Å². The highest BCUT2D eigenvalue weighted by atomic mass is 19.1. The molecule has 1 N–H and O–H groups in total. The Hall–Kier alpha value is -3.69. The summed E-state index contributed by atoms with van der Waals surface area (Å²) in [5, 5.41) is 6.07. The van der Waals surface area contributed by atoms with Crippen molar-refractivity contribution in [1.82, 2.24) is 19.5 Å². The van der Waals surface area contributed by atoms with Gasteiger partial charge in [0.2, 0.25) is 11.7 Å². The summed E-state index contributed by atoms with van der Waals surface area (Å²) in [7, 11) is 0. The highest BCUT2D eigenvalue weighted by Gasteiger charge is 2.43. The Morgan fingerprint density at radius 2 is 2.06 bits per heavy atom. The van der Waals surface area contributed by atoms with Crippen LogP contribution in [0, 0.1) is 25.5 Å². The highest BCUT2D eigenvalue weighted by molar-refractivity contribution is 6.04. The van der Waals surface area contributed by atoms with E-state index in [0.29, 0.717) is 5.65 Å². The number of anilines is 1. The molecule has 2 atom stereocenters. The zero-order valence-electron chi connectivity index (χ0n) is 16.5. The number of carbonyl (C=O) groups excluding carboxylic acids is 1. The smallest absolute Gasteiger partial charge is 0.274 e. The van der Waals surface area contributed by atoms with Gasteiger partial charge in [-0.15, -0.1) is 0 Å². The van der Waals surface area contributed by atoms with E-state index in [9.17, 15) is 13.6 Å². The van der Waals surface area contributed by atoms with Crippen LogP contribution in [0.15, 0.2) is 35.1 Å². The molecule has 7 nitrogen and oxygen atoms in total. The number of imidazole rings is 1. The van der Waals surface area contributed by atoms with E-state index in [1.54, 1.807) is 22.7 Å². The third kappa shape index (κ3) is 3.24. The number of benzene rings is 1. The Bertz CT molecular complexity index is 1350. The average Bonchev–Trinajstić information content (AvgIpc) is 3.14. The van der Waals surface area contributed by atoms with Crippen molar-refractivity contribution in [2.24, 2.45) is 0 Å². The molecule has 0 spiro atoms. The number of nitrogens with zero attached hydrogens (tertiary/aromatic N) is 4. The minimum atomic E-state index is -1.07. The van der Waals surface area contributed by atoms with E-state index < -0.39 is 29.6 Å². The fourth-order valence-corrected chi connectivity index (χ4v) is 3.37. The summed E-state index contributed by atoms with van der Waals surface area (Å²) in [6, 6.07) is 4.51. The molecule has 0 aliphatic heterocycles. The Labute approximate surface area is 173 Å². The molecule has 1 saturated carbocycles. The van der Waals surface area contributed by atoms with Crippen molar-refractivity contribution in [1.29, 1.82) is 0 Å². The zero-order valence-corrected chi connectivity index (χ0v) is 16.5. The van der Waals surface area contributed by atoms with Crippen molar-refractivity contribution in [3.8, 4) is 11.4 Å². The van der Waals surface area contributed by atoms with Crippen LogP contribution in [0.2, 0.25) is 0 Å². The SMILES string of the molecule is Cc1ccn2c(C(=O)Nc3c(C)c(F)cc(-c4noc([C@@H]5C[C@H]5F)n4)c3F)cnc2c1. The van der Waals surface area contributed by atoms with E-state index in [-0.39, 0.29) is 40.6 Å². The molecule has 5 rings (SSSR count). The van der Waals surface area contributed by atoms with Gasteiger partial charge in [0.25, 0.3) is 5.91 Å². The number of alkyl halides is 1. The van der Waals surface area contributed by atoms with Crippen LogP contribution in [0.25, 0.3) is 17.0 Å². The second-order valence-corrected chi connectivity index (χ2v) is 7.56. The number of amides is 1. The van der Waals surface area contributed by atoms with E-state index in [1.807, 2.05) is 6.92 Å². The maximum Gasteiger partial charge on any atom is 0.274 e. The number of nitrogens with one attached hydrogen (secondary N) is 1. The van der Waals surface area contributed by atoms with Crippen LogP contribution < -0.4 is 5.32 Å². The third-order valence-corrected chi connectivity index (χ3v) is 5.31. The number of halogens is 3. The van der Waals surface area contributed by atoms with Crippen molar-refractivity contribution in [3.05, 3.63) is 64.9 Å². The molecule has 0 radical (unpaired) electrons. The van der Waals surface area contributed by atoms with E-state index in [0.717, 1.165) is 11.6 Å². The van der Waals surface area contributed by atoms with Crippen LogP contribution in [0.4, 0.5) is 18.9 Å². The van der Waals surface area contributed by atoms with Gasteiger partial charge in [-0.2, -0.15) is 4.98 Å². The van der Waals surface area contributed by atoms with Crippen LogP contribution in [0.1, 0.15) is 39.8 Å². The topological polar surface area (TPSA) is 85.3 Å². The second-order valence-electron chi connectivity index (χ2n) is 7.56. The van der Waals surface area contributed by atoms with Gasteiger partial charge in [0.1, 0.15) is 23.3 Å². The van der Waals surface area contributed by atoms with Crippen molar-refractivity contribution in [2.75, 3.05) is 5.32 Å². The molecule has 3 aromatic heterocycles. The number of aromatic nitrogens is 4. The summed E-state index contributed by atoms with van der Waals surface area (Å²) in [6.07, 6.45) is 2.21. The monoisotopic (exact) mass is 427 g/mol. The fourth-order valence-electron chi connectivity index (χ4n) is 3.37. The molecular formula is C21H16F3N5O2. The first-order valence-electron chi connectivity index (χ1n) is 9.55. The Morgan fingerprint density at radius 1 is 1.29 bits per heavy atom. The molecule has 10 heteroatoms. The number of aryl methyl sites for hydroxylation is 1. The van der Waals surface area contributed by atoms with E-state index in [1.165, 1.54) is 13.1 Å². The van der Waals surface area contributed by atoms with Gasteiger partial charge in [0.05, 0.1) is 23.4 Å². The first-order chi connectivity index (χ1) is 14.8. The summed E-state index contributed by atoms with van der Waals surface area (Å²) in [5.74, 6) is -3.04. The molecule has 1 amide bonds. The van der Waals surface area contributed by atoms with Crippen LogP contribution in [0.5, 0.6) is 0 Å². The summed E-state index contributed by atoms with van der Waals surface area (Å²) in [5.41, 5.74) is 0.943. The molecule has 158 valence electrons. The lowest BCUT2D eigenvalue weighted by Gasteiger charge is -2.12. The lowest BCUT2D eigenvalue weighted by Crippen LogP contribution is -2.17. The van der Waals surface area contributed by atoms with Crippen LogP contribution in [-0.2, 0) is 0 Å². The molecule has 0 unspecified atom stereocenters. The minimum absolute atomic E-state index is 0.0366. The van der Waals surface area contributed by atoms with Crippen molar-refractivity contribution in [2.45, 2.75) is 32.4 Å². The first kappa shape index (κ1) is 19.3. The quantitative estimate of drug-likeness (QED) is 0.523. The second kappa shape index (κ2) is 6.93. The molecular weight excluding hydrogens is 411 g/mol. The van der Waals surface area contributed by atoms with Crippen molar-refractivity contribution >= 4 is 17.2 Å². The van der Waals surface area contributed by atoms with Crippen LogP contribution >= 0.6 is 0 Å². The fraction of sp³-hybridized carbons (Fsp3) is 0.238. The molecule has 1 fully saturated rings. The van der Waals surface area contributed by atoms with Gasteiger partial charge in [-0.05, 0) is 44.0 Å². The summed E-state index contributed by atoms with van der Waals surface area (Å²) in [6.45, 7) is 3.23. The highest BCUT2D eigenvalue weighted by Crippen LogP contribution is 2.43. The lowest BCUT2D eigenvalue weighted by molar-refractivity contribution is 0.102. The normalized spacial score (nSPS) is 17.8. The molecule has 0 saturated heterocycles. The van der Waals surface area contributed by atoms with E-state index in [2.05, 4.69) is 20.4 Å². The number of pyridine rings is 1. The summed E-state index contributed by atoms with van der Waals surface area (Å²) < 4.78 is 49.6. The molecule has 31 heavy (non-hydrogen) atoms. The predicted molar refractivity (Wildman–Crippen MR) is 105 cm³/mol. The average molecular weight is 427 g/mol. The number of carbonyl (C=O) groups is 1. The number of rotatable bonds is 4. The Morgan fingerprint density at radius 3 is 2.81 bits per heavy atom. The third-order valence-electron chi connectivity index (χ3n) is 5.31. The van der Waals surface area contributed by atoms with Crippen molar-refractivity contribution in [3.63, 3.8) is 0 Å². The lowest BCUT2D eigenvalue weighted by atomic mass is 10.1. The van der Waals surface area contributed by atoms with E-state index in [4.69, 9.17) is 4.52 Å². The van der Waals surface area contributed by atoms with Gasteiger partial charge < -0.3 is 9.84 Å². The standard InChI is InChI=1S/C21H16F3N5O2/c1-9-3-4-29-15(8-25-16(29)5-9)20(30)26-18-10(2)13(22)7-12(17(18)24)19-27-21(31-28-19)11-6-14(11)23/h3-5,7-8,11,14H,6H2,1-2H3,(H,26,30)/t11-,14-/m1/s1. The van der Waals surface area contributed by atoms with Gasteiger partial charge >= 0.3 is 0 Å². The largest absolute Gasteiger partial charge is 0.339 e. The number of hydrogen-bond donors (Lipinski definition) is 1. The number of hydrogen-bond acceptors (Lipinski definition) is 5. The molecule has 3 heterocycles. The van der Waals surface area contributed by atoms with Crippen molar-refractivity contribution < 1.29 is 22.5 Å². The summed E-state index contributed by atoms with van der Waals surface area (Å²) >= 11 is 0. The van der Waals surface area contributed by atoms with Gasteiger partial charge in [0, 0.05) is 11.8 Å². The van der Waals surface area contributed by atoms with Gasteiger partial charge in [-0.25, -0.2) is 18.2 Å². The molecule has 1 aliphatic carbocycles. The molecule has 4 aromatic rings. The Kier molecular flexibility index (Phi) is 4.31. The van der Waals surface area contributed by atoms with Gasteiger partial charge in [-0.3, -0.25) is 9.20 Å². The van der Waals surface area contributed by atoms with Gasteiger partial charge in [-0.1, -0.05) is 5.16 Å². The van der Waals surface area contributed by atoms with Crippen LogP contribution in [0.3, 0.4) is 0 Å². The first-order valence-corrected chi connectivity index (χ1v) is 9.55. The van der Waals surface area contributed by atoms with Crippen LogP contribution in [-0.4, -0.2) is 31.6 Å². The molecule has 0 bridgehead atoms. The predicted octanol–water partition coefficient (Wildman–Crippen LogP) is 4.36. The summed E-state index contributed by atoms with van der Waals surface area (Å²) in [4.78, 5) is 21.0. The maximum absolute atomic E-state index is 15.3. The number of fused-ring (bicyclic) bond motifs is 1. The maximum atomic E-state index is 15.3. The zero-order chi connectivity index (χ0) is 21.9. The minimum Gasteiger partial charge on any atom is -0.339 e. The Balaban J connectivity index is 1.51. The molecule has 1 aromatic carbocycles.